The van der Waals surface area contributed by atoms with Crippen LogP contribution in [0.5, 0.6) is 0 Å². The molecule has 1 aliphatic rings. The fourth-order valence-electron chi connectivity index (χ4n) is 2.47. The van der Waals surface area contributed by atoms with Crippen molar-refractivity contribution in [3.8, 4) is 0 Å². The molecular formula is C16H32N2O3. The van der Waals surface area contributed by atoms with Crippen molar-refractivity contribution in [2.24, 2.45) is 5.92 Å². The van der Waals surface area contributed by atoms with Gasteiger partial charge >= 0.3 is 6.09 Å². The first-order valence-corrected chi connectivity index (χ1v) is 8.18. The smallest absolute Gasteiger partial charge is 0.410 e. The predicted octanol–water partition coefficient (Wildman–Crippen LogP) is 2.65. The molecule has 21 heavy (non-hydrogen) atoms. The summed E-state index contributed by atoms with van der Waals surface area (Å²) in [5.41, 5.74) is -0.415. The molecule has 0 spiro atoms. The number of nitrogens with one attached hydrogen (secondary N) is 1. The molecule has 1 fully saturated rings. The molecule has 0 radical (unpaired) electrons. The topological polar surface area (TPSA) is 50.8 Å². The van der Waals surface area contributed by atoms with Gasteiger partial charge in [-0.2, -0.15) is 0 Å². The second-order valence-electron chi connectivity index (χ2n) is 6.69. The molecule has 1 rings (SSSR count). The Balaban J connectivity index is 2.21. The Bertz CT molecular complexity index is 302. The Labute approximate surface area is 129 Å². The molecule has 1 N–H and O–H groups in total. The second kappa shape index (κ2) is 9.26. The zero-order chi connectivity index (χ0) is 15.7. The molecular weight excluding hydrogens is 268 g/mol. The SMILES string of the molecule is CCOCCCNCC1CCCN(C(=O)OC(C)(C)C)C1. The first-order valence-electron chi connectivity index (χ1n) is 8.18. The minimum atomic E-state index is -0.415. The van der Waals surface area contributed by atoms with Crippen LogP contribution in [0.15, 0.2) is 0 Å². The highest BCUT2D eigenvalue weighted by Gasteiger charge is 2.27. The maximum Gasteiger partial charge on any atom is 0.410 e. The fraction of sp³-hybridized carbons (Fsp3) is 0.938. The summed E-state index contributed by atoms with van der Waals surface area (Å²) in [6.45, 7) is 12.9. The summed E-state index contributed by atoms with van der Waals surface area (Å²) in [4.78, 5) is 13.9. The van der Waals surface area contributed by atoms with Gasteiger partial charge in [-0.3, -0.25) is 0 Å². The number of likely N-dealkylation sites (tertiary alicyclic amines) is 1. The number of hydrogen-bond donors (Lipinski definition) is 1. The Morgan fingerprint density at radius 3 is 2.81 bits per heavy atom. The number of ether oxygens (including phenoxy) is 2. The van der Waals surface area contributed by atoms with Gasteiger partial charge in [0.2, 0.25) is 0 Å². The van der Waals surface area contributed by atoms with Crippen LogP contribution in [0.2, 0.25) is 0 Å². The van der Waals surface area contributed by atoms with Crippen LogP contribution in [-0.2, 0) is 9.47 Å². The van der Waals surface area contributed by atoms with E-state index in [1.165, 1.54) is 6.42 Å². The first-order chi connectivity index (χ1) is 9.92. The fourth-order valence-corrected chi connectivity index (χ4v) is 2.47. The van der Waals surface area contributed by atoms with Crippen LogP contribution >= 0.6 is 0 Å². The highest BCUT2D eigenvalue weighted by atomic mass is 16.6. The van der Waals surface area contributed by atoms with E-state index in [4.69, 9.17) is 9.47 Å². The predicted molar refractivity (Wildman–Crippen MR) is 84.5 cm³/mol. The highest BCUT2D eigenvalue weighted by molar-refractivity contribution is 5.68. The molecule has 1 amide bonds. The average Bonchev–Trinajstić information content (AvgIpc) is 2.41. The van der Waals surface area contributed by atoms with Crippen LogP contribution in [0, 0.1) is 5.92 Å². The Hall–Kier alpha value is -0.810. The van der Waals surface area contributed by atoms with E-state index in [0.29, 0.717) is 5.92 Å². The van der Waals surface area contributed by atoms with E-state index in [1.54, 1.807) is 0 Å². The van der Waals surface area contributed by atoms with Gasteiger partial charge in [0.1, 0.15) is 5.60 Å². The van der Waals surface area contributed by atoms with E-state index in [1.807, 2.05) is 32.6 Å². The zero-order valence-electron chi connectivity index (χ0n) is 14.1. The van der Waals surface area contributed by atoms with Gasteiger partial charge in [0, 0.05) is 26.3 Å². The number of amides is 1. The summed E-state index contributed by atoms with van der Waals surface area (Å²) in [5.74, 6) is 0.526. The third kappa shape index (κ3) is 8.27. The lowest BCUT2D eigenvalue weighted by Crippen LogP contribution is -2.45. The number of rotatable bonds is 7. The number of hydrogen-bond acceptors (Lipinski definition) is 4. The molecule has 1 aliphatic heterocycles. The number of carbonyl (C=O) groups excluding carboxylic acids is 1. The molecule has 0 aromatic heterocycles. The van der Waals surface area contributed by atoms with Crippen LogP contribution < -0.4 is 5.32 Å². The van der Waals surface area contributed by atoms with Gasteiger partial charge in [-0.05, 0) is 66.0 Å². The molecule has 1 saturated heterocycles. The van der Waals surface area contributed by atoms with E-state index in [-0.39, 0.29) is 6.09 Å². The van der Waals surface area contributed by atoms with Gasteiger partial charge in [-0.15, -0.1) is 0 Å². The third-order valence-electron chi connectivity index (χ3n) is 3.45. The minimum absolute atomic E-state index is 0.177. The molecule has 0 saturated carbocycles. The molecule has 5 nitrogen and oxygen atoms in total. The normalized spacial score (nSPS) is 19.6. The summed E-state index contributed by atoms with van der Waals surface area (Å²) >= 11 is 0. The van der Waals surface area contributed by atoms with Crippen LogP contribution in [0.25, 0.3) is 0 Å². The number of piperidine rings is 1. The Morgan fingerprint density at radius 2 is 2.14 bits per heavy atom. The third-order valence-corrected chi connectivity index (χ3v) is 3.45. The molecule has 1 heterocycles. The van der Waals surface area contributed by atoms with Gasteiger partial charge in [-0.25, -0.2) is 4.79 Å². The lowest BCUT2D eigenvalue weighted by Gasteiger charge is -2.34. The van der Waals surface area contributed by atoms with Crippen molar-refractivity contribution >= 4 is 6.09 Å². The molecule has 0 bridgehead atoms. The Kier molecular flexibility index (Phi) is 8.04. The summed E-state index contributed by atoms with van der Waals surface area (Å²) in [6, 6.07) is 0. The van der Waals surface area contributed by atoms with E-state index in [2.05, 4.69) is 5.32 Å². The maximum absolute atomic E-state index is 12.1. The summed E-state index contributed by atoms with van der Waals surface area (Å²) < 4.78 is 10.8. The maximum atomic E-state index is 12.1. The van der Waals surface area contributed by atoms with Crippen LogP contribution in [-0.4, -0.2) is 56.0 Å². The average molecular weight is 300 g/mol. The molecule has 124 valence electrons. The molecule has 1 unspecified atom stereocenters. The van der Waals surface area contributed by atoms with E-state index < -0.39 is 5.60 Å². The number of nitrogens with zero attached hydrogens (tertiary/aromatic N) is 1. The molecule has 0 aromatic carbocycles. The number of carbonyl (C=O) groups is 1. The van der Waals surface area contributed by atoms with Gasteiger partial charge < -0.3 is 19.7 Å². The van der Waals surface area contributed by atoms with Crippen LogP contribution in [0.1, 0.15) is 47.0 Å². The molecule has 5 heteroatoms. The molecule has 0 aliphatic carbocycles. The van der Waals surface area contributed by atoms with Crippen LogP contribution in [0.3, 0.4) is 0 Å². The van der Waals surface area contributed by atoms with Crippen molar-refractivity contribution in [3.05, 3.63) is 0 Å². The van der Waals surface area contributed by atoms with Crippen molar-refractivity contribution in [2.75, 3.05) is 39.4 Å². The van der Waals surface area contributed by atoms with Gasteiger partial charge in [-0.1, -0.05) is 0 Å². The van der Waals surface area contributed by atoms with Gasteiger partial charge in [0.05, 0.1) is 0 Å². The van der Waals surface area contributed by atoms with Gasteiger partial charge in [0.25, 0.3) is 0 Å². The zero-order valence-corrected chi connectivity index (χ0v) is 14.1. The minimum Gasteiger partial charge on any atom is -0.444 e. The highest BCUT2D eigenvalue weighted by Crippen LogP contribution is 2.18. The lowest BCUT2D eigenvalue weighted by molar-refractivity contribution is 0.0166. The summed E-state index contributed by atoms with van der Waals surface area (Å²) in [6.07, 6.45) is 3.10. The second-order valence-corrected chi connectivity index (χ2v) is 6.69. The van der Waals surface area contributed by atoms with Crippen molar-refractivity contribution in [1.29, 1.82) is 0 Å². The molecule has 1 atom stereocenters. The summed E-state index contributed by atoms with van der Waals surface area (Å²) in [5, 5.41) is 3.46. The van der Waals surface area contributed by atoms with E-state index >= 15 is 0 Å². The Morgan fingerprint density at radius 1 is 1.38 bits per heavy atom. The lowest BCUT2D eigenvalue weighted by atomic mass is 9.98. The van der Waals surface area contributed by atoms with Crippen LogP contribution in [0.4, 0.5) is 4.79 Å². The van der Waals surface area contributed by atoms with Crippen molar-refractivity contribution in [2.45, 2.75) is 52.6 Å². The van der Waals surface area contributed by atoms with Gasteiger partial charge in [0.15, 0.2) is 0 Å². The molecule has 0 aromatic rings. The van der Waals surface area contributed by atoms with Crippen molar-refractivity contribution in [1.82, 2.24) is 10.2 Å². The summed E-state index contributed by atoms with van der Waals surface area (Å²) in [7, 11) is 0. The van der Waals surface area contributed by atoms with E-state index in [9.17, 15) is 4.79 Å². The first kappa shape index (κ1) is 18.2. The monoisotopic (exact) mass is 300 g/mol. The van der Waals surface area contributed by atoms with E-state index in [0.717, 1.165) is 52.2 Å². The van der Waals surface area contributed by atoms with Crippen molar-refractivity contribution < 1.29 is 14.3 Å². The van der Waals surface area contributed by atoms with Crippen molar-refractivity contribution in [3.63, 3.8) is 0 Å². The standard InChI is InChI=1S/C16H32N2O3/c1-5-20-11-7-9-17-12-14-8-6-10-18(13-14)15(19)21-16(2,3)4/h14,17H,5-13H2,1-4H3. The largest absolute Gasteiger partial charge is 0.444 e. The quantitative estimate of drug-likeness (QED) is 0.734.